The SMILES string of the molecule is CC(C)(CN)C(O)c1cccc(Oc2ccccc2)c1. The summed E-state index contributed by atoms with van der Waals surface area (Å²) >= 11 is 0. The number of para-hydroxylation sites is 1. The summed E-state index contributed by atoms with van der Waals surface area (Å²) in [6.45, 7) is 4.31. The summed E-state index contributed by atoms with van der Waals surface area (Å²) in [6.07, 6.45) is -0.619. The number of hydrogen-bond acceptors (Lipinski definition) is 3. The molecule has 0 amide bonds. The van der Waals surface area contributed by atoms with Crippen LogP contribution >= 0.6 is 0 Å². The van der Waals surface area contributed by atoms with Gasteiger partial charge in [0.05, 0.1) is 6.10 Å². The monoisotopic (exact) mass is 271 g/mol. The van der Waals surface area contributed by atoms with E-state index in [2.05, 4.69) is 0 Å². The summed E-state index contributed by atoms with van der Waals surface area (Å²) in [4.78, 5) is 0. The second-order valence-corrected chi connectivity index (χ2v) is 5.58. The van der Waals surface area contributed by atoms with E-state index in [4.69, 9.17) is 10.5 Å². The number of benzene rings is 2. The third-order valence-electron chi connectivity index (χ3n) is 3.42. The van der Waals surface area contributed by atoms with Crippen LogP contribution in [0.2, 0.25) is 0 Å². The lowest BCUT2D eigenvalue weighted by Gasteiger charge is -2.29. The Hall–Kier alpha value is -1.84. The predicted molar refractivity (Wildman–Crippen MR) is 80.8 cm³/mol. The highest BCUT2D eigenvalue weighted by Gasteiger charge is 2.27. The average Bonchev–Trinajstić information content (AvgIpc) is 2.48. The topological polar surface area (TPSA) is 55.5 Å². The molecule has 0 saturated heterocycles. The maximum Gasteiger partial charge on any atom is 0.127 e. The first-order valence-corrected chi connectivity index (χ1v) is 6.74. The molecule has 1 unspecified atom stereocenters. The number of rotatable bonds is 5. The largest absolute Gasteiger partial charge is 0.457 e. The molecule has 3 N–H and O–H groups in total. The summed E-state index contributed by atoms with van der Waals surface area (Å²) in [5.74, 6) is 1.48. The molecule has 2 aromatic carbocycles. The second-order valence-electron chi connectivity index (χ2n) is 5.58. The molecule has 0 aliphatic carbocycles. The molecule has 0 fully saturated rings. The van der Waals surface area contributed by atoms with Crippen molar-refractivity contribution in [2.45, 2.75) is 20.0 Å². The van der Waals surface area contributed by atoms with Crippen LogP contribution < -0.4 is 10.5 Å². The molecule has 0 saturated carbocycles. The molecule has 2 aromatic rings. The van der Waals surface area contributed by atoms with Gasteiger partial charge in [0.1, 0.15) is 11.5 Å². The van der Waals surface area contributed by atoms with E-state index in [1.165, 1.54) is 0 Å². The number of aliphatic hydroxyl groups excluding tert-OH is 1. The molecule has 3 nitrogen and oxygen atoms in total. The minimum atomic E-state index is -0.619. The predicted octanol–water partition coefficient (Wildman–Crippen LogP) is 3.50. The molecule has 20 heavy (non-hydrogen) atoms. The Labute approximate surface area is 120 Å². The lowest BCUT2D eigenvalue weighted by molar-refractivity contribution is 0.0554. The van der Waals surface area contributed by atoms with Gasteiger partial charge in [0, 0.05) is 12.0 Å². The van der Waals surface area contributed by atoms with E-state index in [0.717, 1.165) is 11.3 Å². The first-order valence-electron chi connectivity index (χ1n) is 6.74. The third-order valence-corrected chi connectivity index (χ3v) is 3.42. The average molecular weight is 271 g/mol. The summed E-state index contributed by atoms with van der Waals surface area (Å²) < 4.78 is 5.77. The molecule has 106 valence electrons. The first kappa shape index (κ1) is 14.6. The van der Waals surface area contributed by atoms with Crippen molar-refractivity contribution in [3.63, 3.8) is 0 Å². The molecule has 0 heterocycles. The van der Waals surface area contributed by atoms with Gasteiger partial charge in [-0.05, 0) is 29.8 Å². The fourth-order valence-corrected chi connectivity index (χ4v) is 1.94. The Bertz CT molecular complexity index is 552. The van der Waals surface area contributed by atoms with Crippen molar-refractivity contribution in [1.29, 1.82) is 0 Å². The van der Waals surface area contributed by atoms with Crippen LogP contribution in [0.25, 0.3) is 0 Å². The van der Waals surface area contributed by atoms with Crippen LogP contribution in [0.4, 0.5) is 0 Å². The molecular formula is C17H21NO2. The molecule has 3 heteroatoms. The number of ether oxygens (including phenoxy) is 1. The number of hydrogen-bond donors (Lipinski definition) is 2. The van der Waals surface area contributed by atoms with Gasteiger partial charge >= 0.3 is 0 Å². The van der Waals surface area contributed by atoms with Gasteiger partial charge in [-0.1, -0.05) is 44.2 Å². The lowest BCUT2D eigenvalue weighted by Crippen LogP contribution is -2.30. The zero-order valence-electron chi connectivity index (χ0n) is 11.9. The van der Waals surface area contributed by atoms with Crippen LogP contribution in [0.5, 0.6) is 11.5 Å². The van der Waals surface area contributed by atoms with E-state index in [-0.39, 0.29) is 5.41 Å². The Morgan fingerprint density at radius 2 is 1.70 bits per heavy atom. The van der Waals surface area contributed by atoms with Crippen LogP contribution in [-0.4, -0.2) is 11.7 Å². The van der Waals surface area contributed by atoms with Crippen molar-refractivity contribution in [2.75, 3.05) is 6.54 Å². The van der Waals surface area contributed by atoms with Crippen molar-refractivity contribution in [3.8, 4) is 11.5 Å². The van der Waals surface area contributed by atoms with Gasteiger partial charge in [-0.25, -0.2) is 0 Å². The Morgan fingerprint density at radius 3 is 2.35 bits per heavy atom. The van der Waals surface area contributed by atoms with Crippen LogP contribution in [-0.2, 0) is 0 Å². The van der Waals surface area contributed by atoms with Gasteiger partial charge in [0.2, 0.25) is 0 Å². The van der Waals surface area contributed by atoms with Crippen LogP contribution in [0.1, 0.15) is 25.5 Å². The second kappa shape index (κ2) is 6.07. The van der Waals surface area contributed by atoms with Crippen molar-refractivity contribution in [3.05, 3.63) is 60.2 Å². The van der Waals surface area contributed by atoms with Crippen molar-refractivity contribution in [2.24, 2.45) is 11.1 Å². The van der Waals surface area contributed by atoms with E-state index >= 15 is 0 Å². The molecule has 2 rings (SSSR count). The molecular weight excluding hydrogens is 250 g/mol. The Kier molecular flexibility index (Phi) is 4.42. The van der Waals surface area contributed by atoms with E-state index in [1.807, 2.05) is 68.4 Å². The highest BCUT2D eigenvalue weighted by Crippen LogP contribution is 2.34. The van der Waals surface area contributed by atoms with Crippen LogP contribution in [0.15, 0.2) is 54.6 Å². The third kappa shape index (κ3) is 3.38. The van der Waals surface area contributed by atoms with Gasteiger partial charge in [0.15, 0.2) is 0 Å². The minimum absolute atomic E-state index is 0.370. The summed E-state index contributed by atoms with van der Waals surface area (Å²) in [6, 6.07) is 17.1. The number of aliphatic hydroxyl groups is 1. The summed E-state index contributed by atoms with van der Waals surface area (Å²) in [5.41, 5.74) is 6.16. The molecule has 0 aliphatic rings. The maximum atomic E-state index is 10.4. The molecule has 0 bridgehead atoms. The zero-order chi connectivity index (χ0) is 14.6. The molecule has 0 aromatic heterocycles. The van der Waals surface area contributed by atoms with Crippen molar-refractivity contribution < 1.29 is 9.84 Å². The highest BCUT2D eigenvalue weighted by molar-refractivity contribution is 5.35. The van der Waals surface area contributed by atoms with Gasteiger partial charge in [-0.15, -0.1) is 0 Å². The first-order chi connectivity index (χ1) is 9.53. The Balaban J connectivity index is 2.20. The summed E-state index contributed by atoms with van der Waals surface area (Å²) in [7, 11) is 0. The number of nitrogens with two attached hydrogens (primary N) is 1. The van der Waals surface area contributed by atoms with Crippen LogP contribution in [0, 0.1) is 5.41 Å². The quantitative estimate of drug-likeness (QED) is 0.875. The normalized spacial score (nSPS) is 13.0. The lowest BCUT2D eigenvalue weighted by atomic mass is 9.83. The fraction of sp³-hybridized carbons (Fsp3) is 0.294. The molecule has 0 radical (unpaired) electrons. The smallest absolute Gasteiger partial charge is 0.127 e. The molecule has 0 aliphatic heterocycles. The standard InChI is InChI=1S/C17H21NO2/c1-17(2,12-18)16(19)13-7-6-10-15(11-13)20-14-8-4-3-5-9-14/h3-11,16,19H,12,18H2,1-2H3. The van der Waals surface area contributed by atoms with Crippen LogP contribution in [0.3, 0.4) is 0 Å². The highest BCUT2D eigenvalue weighted by atomic mass is 16.5. The molecule has 0 spiro atoms. The van der Waals surface area contributed by atoms with Gasteiger partial charge in [0.25, 0.3) is 0 Å². The van der Waals surface area contributed by atoms with E-state index in [9.17, 15) is 5.11 Å². The van der Waals surface area contributed by atoms with E-state index in [0.29, 0.717) is 12.3 Å². The zero-order valence-corrected chi connectivity index (χ0v) is 11.9. The fourth-order valence-electron chi connectivity index (χ4n) is 1.94. The minimum Gasteiger partial charge on any atom is -0.457 e. The maximum absolute atomic E-state index is 10.4. The van der Waals surface area contributed by atoms with E-state index < -0.39 is 6.10 Å². The van der Waals surface area contributed by atoms with Gasteiger partial charge < -0.3 is 15.6 Å². The molecule has 1 atom stereocenters. The van der Waals surface area contributed by atoms with Gasteiger partial charge in [-0.2, -0.15) is 0 Å². The van der Waals surface area contributed by atoms with E-state index in [1.54, 1.807) is 0 Å². The van der Waals surface area contributed by atoms with Crippen molar-refractivity contribution >= 4 is 0 Å². The van der Waals surface area contributed by atoms with Crippen molar-refractivity contribution in [1.82, 2.24) is 0 Å². The van der Waals surface area contributed by atoms with Gasteiger partial charge in [-0.3, -0.25) is 0 Å². The Morgan fingerprint density at radius 1 is 1.05 bits per heavy atom. The summed E-state index contributed by atoms with van der Waals surface area (Å²) in [5, 5.41) is 10.4.